The second kappa shape index (κ2) is 6.00. The summed E-state index contributed by atoms with van der Waals surface area (Å²) in [5.41, 5.74) is 2.62. The molecule has 0 spiro atoms. The molecular formula is C17H21N3S. The van der Waals surface area contributed by atoms with E-state index in [1.165, 1.54) is 21.3 Å². The second-order valence-electron chi connectivity index (χ2n) is 5.72. The highest BCUT2D eigenvalue weighted by Crippen LogP contribution is 2.21. The summed E-state index contributed by atoms with van der Waals surface area (Å²) < 4.78 is 2.29. The molecule has 0 bridgehead atoms. The van der Waals surface area contributed by atoms with Crippen LogP contribution in [0.2, 0.25) is 0 Å². The maximum absolute atomic E-state index is 4.33. The van der Waals surface area contributed by atoms with Crippen molar-refractivity contribution >= 4 is 22.2 Å². The van der Waals surface area contributed by atoms with Crippen molar-refractivity contribution in [1.82, 2.24) is 14.9 Å². The maximum Gasteiger partial charge on any atom is 0.0897 e. The summed E-state index contributed by atoms with van der Waals surface area (Å²) in [5.74, 6) is 0. The normalized spacial score (nSPS) is 11.6. The van der Waals surface area contributed by atoms with Gasteiger partial charge in [-0.2, -0.15) is 0 Å². The third-order valence-electron chi connectivity index (χ3n) is 3.55. The van der Waals surface area contributed by atoms with Gasteiger partial charge in [-0.15, -0.1) is 11.3 Å². The Morgan fingerprint density at radius 1 is 1.29 bits per heavy atom. The van der Waals surface area contributed by atoms with Crippen molar-refractivity contribution in [3.05, 3.63) is 52.1 Å². The van der Waals surface area contributed by atoms with Gasteiger partial charge in [0, 0.05) is 35.4 Å². The van der Waals surface area contributed by atoms with E-state index in [9.17, 15) is 0 Å². The van der Waals surface area contributed by atoms with Gasteiger partial charge in [0.15, 0.2) is 0 Å². The zero-order chi connectivity index (χ0) is 14.8. The molecule has 0 aliphatic carbocycles. The molecule has 0 atom stereocenters. The van der Waals surface area contributed by atoms with E-state index in [1.54, 1.807) is 11.3 Å². The number of rotatable bonds is 5. The van der Waals surface area contributed by atoms with Crippen molar-refractivity contribution in [3.63, 3.8) is 0 Å². The standard InChI is InChI=1S/C17H21N3S/c1-12(2)18-9-14-4-5-17-15(8-14)6-7-20(17)11-16-10-19-13(3)21-16/h4-8,10,12,18H,9,11H2,1-3H3. The Morgan fingerprint density at radius 2 is 2.14 bits per heavy atom. The molecule has 0 aliphatic rings. The van der Waals surface area contributed by atoms with Crippen LogP contribution in [0.1, 0.15) is 29.3 Å². The van der Waals surface area contributed by atoms with Crippen molar-refractivity contribution in [2.45, 2.75) is 39.9 Å². The number of aromatic nitrogens is 2. The van der Waals surface area contributed by atoms with Crippen LogP contribution in [0.3, 0.4) is 0 Å². The van der Waals surface area contributed by atoms with Crippen LogP contribution in [0.4, 0.5) is 0 Å². The molecule has 3 rings (SSSR count). The summed E-state index contributed by atoms with van der Waals surface area (Å²) in [4.78, 5) is 5.63. The van der Waals surface area contributed by atoms with E-state index in [0.29, 0.717) is 6.04 Å². The van der Waals surface area contributed by atoms with Gasteiger partial charge in [-0.05, 0) is 36.1 Å². The van der Waals surface area contributed by atoms with Gasteiger partial charge in [0.25, 0.3) is 0 Å². The van der Waals surface area contributed by atoms with Gasteiger partial charge in [-0.1, -0.05) is 19.9 Å². The highest BCUT2D eigenvalue weighted by molar-refractivity contribution is 7.11. The highest BCUT2D eigenvalue weighted by atomic mass is 32.1. The molecule has 2 aromatic heterocycles. The molecule has 3 nitrogen and oxygen atoms in total. The van der Waals surface area contributed by atoms with Crippen molar-refractivity contribution in [2.24, 2.45) is 0 Å². The molecule has 1 N–H and O–H groups in total. The van der Waals surface area contributed by atoms with Crippen LogP contribution < -0.4 is 5.32 Å². The molecule has 0 saturated carbocycles. The van der Waals surface area contributed by atoms with Crippen molar-refractivity contribution < 1.29 is 0 Å². The van der Waals surface area contributed by atoms with Gasteiger partial charge >= 0.3 is 0 Å². The van der Waals surface area contributed by atoms with Crippen LogP contribution in [0.5, 0.6) is 0 Å². The Labute approximate surface area is 129 Å². The molecule has 1 aromatic carbocycles. The number of hydrogen-bond acceptors (Lipinski definition) is 3. The van der Waals surface area contributed by atoms with E-state index in [0.717, 1.165) is 18.1 Å². The summed E-state index contributed by atoms with van der Waals surface area (Å²) in [6.07, 6.45) is 4.14. The predicted molar refractivity (Wildman–Crippen MR) is 89.9 cm³/mol. The lowest BCUT2D eigenvalue weighted by Gasteiger charge is -2.09. The number of hydrogen-bond donors (Lipinski definition) is 1. The lowest BCUT2D eigenvalue weighted by molar-refractivity contribution is 0.589. The van der Waals surface area contributed by atoms with Crippen molar-refractivity contribution in [2.75, 3.05) is 0 Å². The molecule has 0 unspecified atom stereocenters. The zero-order valence-corrected chi connectivity index (χ0v) is 13.6. The number of benzene rings is 1. The van der Waals surface area contributed by atoms with Gasteiger partial charge < -0.3 is 9.88 Å². The Bertz CT molecular complexity index is 739. The molecule has 0 radical (unpaired) electrons. The minimum Gasteiger partial charge on any atom is -0.342 e. The first-order valence-corrected chi connectivity index (χ1v) is 8.16. The monoisotopic (exact) mass is 299 g/mol. The van der Waals surface area contributed by atoms with Gasteiger partial charge in [0.2, 0.25) is 0 Å². The molecule has 0 amide bonds. The van der Waals surface area contributed by atoms with Crippen molar-refractivity contribution in [3.8, 4) is 0 Å². The molecule has 0 saturated heterocycles. The number of fused-ring (bicyclic) bond motifs is 1. The molecule has 2 heterocycles. The molecule has 4 heteroatoms. The lowest BCUT2D eigenvalue weighted by Crippen LogP contribution is -2.21. The van der Waals surface area contributed by atoms with Crippen LogP contribution in [-0.2, 0) is 13.1 Å². The van der Waals surface area contributed by atoms with Crippen LogP contribution in [0.15, 0.2) is 36.7 Å². The summed E-state index contributed by atoms with van der Waals surface area (Å²) in [7, 11) is 0. The first-order valence-electron chi connectivity index (χ1n) is 7.34. The minimum atomic E-state index is 0.514. The fourth-order valence-corrected chi connectivity index (χ4v) is 3.26. The third kappa shape index (κ3) is 3.34. The van der Waals surface area contributed by atoms with E-state index in [1.807, 2.05) is 6.20 Å². The fourth-order valence-electron chi connectivity index (χ4n) is 2.47. The van der Waals surface area contributed by atoms with E-state index < -0.39 is 0 Å². The minimum absolute atomic E-state index is 0.514. The van der Waals surface area contributed by atoms with E-state index >= 15 is 0 Å². The van der Waals surface area contributed by atoms with Gasteiger partial charge in [-0.25, -0.2) is 4.98 Å². The quantitative estimate of drug-likeness (QED) is 0.773. The fraction of sp³-hybridized carbons (Fsp3) is 0.353. The summed E-state index contributed by atoms with van der Waals surface area (Å²) in [6, 6.07) is 9.42. The third-order valence-corrected chi connectivity index (χ3v) is 4.44. The number of aryl methyl sites for hydroxylation is 1. The maximum atomic E-state index is 4.33. The van der Waals surface area contributed by atoms with E-state index in [4.69, 9.17) is 0 Å². The summed E-state index contributed by atoms with van der Waals surface area (Å²) >= 11 is 1.77. The first-order chi connectivity index (χ1) is 10.1. The van der Waals surface area contributed by atoms with Crippen LogP contribution in [0.25, 0.3) is 10.9 Å². The van der Waals surface area contributed by atoms with E-state index in [2.05, 4.69) is 66.1 Å². The number of nitrogens with one attached hydrogen (secondary N) is 1. The zero-order valence-electron chi connectivity index (χ0n) is 12.8. The Kier molecular flexibility index (Phi) is 4.08. The Hall–Kier alpha value is -1.65. The van der Waals surface area contributed by atoms with Crippen molar-refractivity contribution in [1.29, 1.82) is 0 Å². The van der Waals surface area contributed by atoms with Gasteiger partial charge in [-0.3, -0.25) is 0 Å². The Balaban J connectivity index is 1.82. The second-order valence-corrected chi connectivity index (χ2v) is 7.04. The first kappa shape index (κ1) is 14.3. The van der Waals surface area contributed by atoms with Crippen LogP contribution in [0, 0.1) is 6.92 Å². The number of thiazole rings is 1. The largest absolute Gasteiger partial charge is 0.342 e. The molecule has 110 valence electrons. The van der Waals surface area contributed by atoms with E-state index in [-0.39, 0.29) is 0 Å². The highest BCUT2D eigenvalue weighted by Gasteiger charge is 2.05. The summed E-state index contributed by atoms with van der Waals surface area (Å²) in [5, 5.41) is 5.90. The van der Waals surface area contributed by atoms with Gasteiger partial charge in [0.05, 0.1) is 11.6 Å². The summed E-state index contributed by atoms with van der Waals surface area (Å²) in [6.45, 7) is 8.22. The number of nitrogens with zero attached hydrogens (tertiary/aromatic N) is 2. The molecule has 0 fully saturated rings. The molecule has 3 aromatic rings. The SMILES string of the molecule is Cc1ncc(Cn2ccc3cc(CNC(C)C)ccc32)s1. The Morgan fingerprint density at radius 3 is 2.86 bits per heavy atom. The topological polar surface area (TPSA) is 29.9 Å². The predicted octanol–water partition coefficient (Wildman–Crippen LogP) is 3.95. The average Bonchev–Trinajstić information content (AvgIpc) is 3.04. The van der Waals surface area contributed by atoms with Crippen LogP contribution in [-0.4, -0.2) is 15.6 Å². The lowest BCUT2D eigenvalue weighted by atomic mass is 10.1. The molecule has 21 heavy (non-hydrogen) atoms. The molecule has 0 aliphatic heterocycles. The van der Waals surface area contributed by atoms with Gasteiger partial charge in [0.1, 0.15) is 0 Å². The van der Waals surface area contributed by atoms with Crippen LogP contribution >= 0.6 is 11.3 Å². The average molecular weight is 299 g/mol. The molecular weight excluding hydrogens is 278 g/mol. The smallest absolute Gasteiger partial charge is 0.0897 e.